The standard InChI is InChI=1S/C17H12F3NO5S/c1-21-9-5-8(18)6-10(7-9)26-11-3-4-12(27(2,24)25)14-13(11)15(22)17(19,20)16(14)23/h3-7,15-16,22-23H,2H3/t15-,16-/m0/s1. The number of nitrogens with zero attached hydrogens (tertiary/aromatic N) is 1. The lowest BCUT2D eigenvalue weighted by molar-refractivity contribution is -0.166. The van der Waals surface area contributed by atoms with E-state index < -0.39 is 49.8 Å². The third-order valence-corrected chi connectivity index (χ3v) is 5.25. The molecule has 2 aromatic carbocycles. The van der Waals surface area contributed by atoms with E-state index >= 15 is 0 Å². The Morgan fingerprint density at radius 3 is 2.37 bits per heavy atom. The molecule has 1 aliphatic rings. The number of ether oxygens (including phenoxy) is 1. The van der Waals surface area contributed by atoms with Gasteiger partial charge in [0.2, 0.25) is 0 Å². The largest absolute Gasteiger partial charge is 0.458 e. The van der Waals surface area contributed by atoms with Crippen molar-refractivity contribution in [2.24, 2.45) is 0 Å². The first kappa shape index (κ1) is 19.2. The molecule has 2 N–H and O–H groups in total. The molecule has 0 saturated carbocycles. The van der Waals surface area contributed by atoms with Gasteiger partial charge in [0.1, 0.15) is 29.5 Å². The molecule has 6 nitrogen and oxygen atoms in total. The van der Waals surface area contributed by atoms with Crippen LogP contribution in [0.4, 0.5) is 18.9 Å². The van der Waals surface area contributed by atoms with Crippen LogP contribution in [0.15, 0.2) is 35.2 Å². The first-order chi connectivity index (χ1) is 12.5. The molecular weight excluding hydrogens is 387 g/mol. The van der Waals surface area contributed by atoms with Gasteiger partial charge in [0.15, 0.2) is 15.5 Å². The summed E-state index contributed by atoms with van der Waals surface area (Å²) in [6, 6.07) is 4.94. The Hall–Kier alpha value is -2.61. The van der Waals surface area contributed by atoms with E-state index in [0.717, 1.165) is 36.6 Å². The van der Waals surface area contributed by atoms with Gasteiger partial charge in [-0.3, -0.25) is 0 Å². The van der Waals surface area contributed by atoms with Gasteiger partial charge < -0.3 is 14.9 Å². The summed E-state index contributed by atoms with van der Waals surface area (Å²) in [5, 5.41) is 19.9. The molecule has 3 rings (SSSR count). The predicted molar refractivity (Wildman–Crippen MR) is 87.2 cm³/mol. The molecule has 2 atom stereocenters. The van der Waals surface area contributed by atoms with Crippen LogP contribution in [0, 0.1) is 12.4 Å². The van der Waals surface area contributed by atoms with Crippen LogP contribution in [-0.2, 0) is 9.84 Å². The van der Waals surface area contributed by atoms with E-state index in [1.165, 1.54) is 0 Å². The maximum atomic E-state index is 14.1. The fourth-order valence-electron chi connectivity index (χ4n) is 2.91. The number of benzene rings is 2. The zero-order valence-corrected chi connectivity index (χ0v) is 14.5. The number of rotatable bonds is 3. The zero-order chi connectivity index (χ0) is 20.1. The molecule has 0 radical (unpaired) electrons. The van der Waals surface area contributed by atoms with Crippen LogP contribution >= 0.6 is 0 Å². The average Bonchev–Trinajstić information content (AvgIpc) is 2.75. The number of hydrogen-bond donors (Lipinski definition) is 2. The van der Waals surface area contributed by atoms with Gasteiger partial charge in [-0.25, -0.2) is 26.4 Å². The zero-order valence-electron chi connectivity index (χ0n) is 13.6. The van der Waals surface area contributed by atoms with E-state index in [4.69, 9.17) is 11.3 Å². The Morgan fingerprint density at radius 1 is 1.15 bits per heavy atom. The minimum Gasteiger partial charge on any atom is -0.458 e. The molecule has 142 valence electrons. The van der Waals surface area contributed by atoms with Crippen LogP contribution in [0.3, 0.4) is 0 Å². The minimum atomic E-state index is -4.05. The smallest absolute Gasteiger partial charge is 0.307 e. The summed E-state index contributed by atoms with van der Waals surface area (Å²) in [7, 11) is -4.00. The average molecular weight is 399 g/mol. The molecule has 0 bridgehead atoms. The van der Waals surface area contributed by atoms with E-state index in [1.807, 2.05) is 0 Å². The lowest BCUT2D eigenvalue weighted by Crippen LogP contribution is -2.26. The van der Waals surface area contributed by atoms with Crippen LogP contribution in [0.1, 0.15) is 23.3 Å². The maximum absolute atomic E-state index is 14.1. The number of alkyl halides is 2. The summed E-state index contributed by atoms with van der Waals surface area (Å²) in [4.78, 5) is 2.47. The van der Waals surface area contributed by atoms with Gasteiger partial charge in [0, 0.05) is 23.4 Å². The van der Waals surface area contributed by atoms with Crippen LogP contribution in [0.25, 0.3) is 4.85 Å². The number of sulfone groups is 1. The van der Waals surface area contributed by atoms with Crippen LogP contribution < -0.4 is 4.74 Å². The Bertz CT molecular complexity index is 1080. The summed E-state index contributed by atoms with van der Waals surface area (Å²) in [6.45, 7) is 6.91. The third kappa shape index (κ3) is 3.14. The van der Waals surface area contributed by atoms with Gasteiger partial charge in [-0.05, 0) is 24.3 Å². The van der Waals surface area contributed by atoms with Crippen molar-refractivity contribution in [3.05, 3.63) is 58.7 Å². The molecule has 1 aliphatic carbocycles. The summed E-state index contributed by atoms with van der Waals surface area (Å²) < 4.78 is 71.0. The predicted octanol–water partition coefficient (Wildman–Crippen LogP) is 3.29. The van der Waals surface area contributed by atoms with Crippen LogP contribution in [-0.4, -0.2) is 30.8 Å². The van der Waals surface area contributed by atoms with Crippen molar-refractivity contribution >= 4 is 15.5 Å². The van der Waals surface area contributed by atoms with Gasteiger partial charge in [-0.15, -0.1) is 0 Å². The second kappa shape index (κ2) is 6.23. The van der Waals surface area contributed by atoms with Crippen molar-refractivity contribution in [1.29, 1.82) is 0 Å². The number of halogens is 3. The van der Waals surface area contributed by atoms with Crippen molar-refractivity contribution in [3.63, 3.8) is 0 Å². The Labute approximate surface area is 152 Å². The summed E-state index contributed by atoms with van der Waals surface area (Å²) >= 11 is 0. The van der Waals surface area contributed by atoms with Gasteiger partial charge in [-0.1, -0.05) is 0 Å². The van der Waals surface area contributed by atoms with Crippen molar-refractivity contribution in [2.45, 2.75) is 23.0 Å². The highest BCUT2D eigenvalue weighted by Crippen LogP contribution is 2.55. The molecule has 0 aliphatic heterocycles. The minimum absolute atomic E-state index is 0.111. The van der Waals surface area contributed by atoms with Gasteiger partial charge in [0.25, 0.3) is 0 Å². The number of hydrogen-bond acceptors (Lipinski definition) is 5. The number of aliphatic hydroxyl groups is 2. The van der Waals surface area contributed by atoms with Gasteiger partial charge >= 0.3 is 5.92 Å². The molecule has 0 aromatic heterocycles. The molecule has 0 heterocycles. The molecule has 0 fully saturated rings. The summed E-state index contributed by atoms with van der Waals surface area (Å²) in [5.41, 5.74) is -1.39. The van der Waals surface area contributed by atoms with Gasteiger partial charge in [0.05, 0.1) is 11.5 Å². The van der Waals surface area contributed by atoms with Crippen molar-refractivity contribution < 1.29 is 36.5 Å². The monoisotopic (exact) mass is 399 g/mol. The van der Waals surface area contributed by atoms with Crippen LogP contribution in [0.5, 0.6) is 11.5 Å². The molecule has 10 heteroatoms. The SMILES string of the molecule is [C-]#[N+]c1cc(F)cc(Oc2ccc(S(C)(=O)=O)c3c2[C@H](O)C(F)(F)[C@H]3O)c1. The topological polar surface area (TPSA) is 88.2 Å². The fourth-order valence-corrected chi connectivity index (χ4v) is 3.84. The highest BCUT2D eigenvalue weighted by atomic mass is 32.2. The highest BCUT2D eigenvalue weighted by Gasteiger charge is 2.57. The van der Waals surface area contributed by atoms with Crippen molar-refractivity contribution in [2.75, 3.05) is 6.26 Å². The van der Waals surface area contributed by atoms with E-state index in [-0.39, 0.29) is 17.2 Å². The molecule has 0 unspecified atom stereocenters. The quantitative estimate of drug-likeness (QED) is 0.774. The summed E-state index contributed by atoms with van der Waals surface area (Å²) in [6.07, 6.45) is -4.33. The highest BCUT2D eigenvalue weighted by molar-refractivity contribution is 7.90. The van der Waals surface area contributed by atoms with E-state index in [9.17, 15) is 31.8 Å². The molecular formula is C17H12F3NO5S. The van der Waals surface area contributed by atoms with E-state index in [2.05, 4.69) is 4.85 Å². The molecule has 0 spiro atoms. The van der Waals surface area contributed by atoms with Crippen molar-refractivity contribution in [1.82, 2.24) is 0 Å². The summed E-state index contributed by atoms with van der Waals surface area (Å²) in [5.74, 6) is -5.46. The number of aliphatic hydroxyl groups excluding tert-OH is 2. The Morgan fingerprint density at radius 2 is 1.78 bits per heavy atom. The van der Waals surface area contributed by atoms with E-state index in [0.29, 0.717) is 0 Å². The number of fused-ring (bicyclic) bond motifs is 1. The maximum Gasteiger partial charge on any atom is 0.307 e. The van der Waals surface area contributed by atoms with E-state index in [1.54, 1.807) is 0 Å². The first-order valence-electron chi connectivity index (χ1n) is 7.43. The first-order valence-corrected chi connectivity index (χ1v) is 9.32. The van der Waals surface area contributed by atoms with Gasteiger partial charge in [-0.2, -0.15) is 0 Å². The molecule has 27 heavy (non-hydrogen) atoms. The third-order valence-electron chi connectivity index (χ3n) is 4.10. The molecule has 2 aromatic rings. The molecule has 0 saturated heterocycles. The van der Waals surface area contributed by atoms with Crippen molar-refractivity contribution in [3.8, 4) is 11.5 Å². The lowest BCUT2D eigenvalue weighted by atomic mass is 10.1. The Kier molecular flexibility index (Phi) is 4.42. The van der Waals surface area contributed by atoms with Crippen LogP contribution in [0.2, 0.25) is 0 Å². The fraction of sp³-hybridized carbons (Fsp3) is 0.235. The molecule has 0 amide bonds. The second-order valence-electron chi connectivity index (χ2n) is 6.00. The lowest BCUT2D eigenvalue weighted by Gasteiger charge is -2.18. The Balaban J connectivity index is 2.21. The normalized spacial score (nSPS) is 20.8. The second-order valence-corrected chi connectivity index (χ2v) is 7.98.